The summed E-state index contributed by atoms with van der Waals surface area (Å²) in [5.41, 5.74) is 9.59. The lowest BCUT2D eigenvalue weighted by Crippen LogP contribution is -2.35. The van der Waals surface area contributed by atoms with Gasteiger partial charge >= 0.3 is 10.4 Å². The predicted molar refractivity (Wildman–Crippen MR) is 93.1 cm³/mol. The molecular formula is C12H18N4O8S3. The van der Waals surface area contributed by atoms with Crippen molar-refractivity contribution < 1.29 is 39.2 Å². The van der Waals surface area contributed by atoms with E-state index >= 15 is 0 Å². The normalized spacial score (nSPS) is 11.7. The summed E-state index contributed by atoms with van der Waals surface area (Å²) in [6.45, 7) is 4.13. The van der Waals surface area contributed by atoms with Crippen molar-refractivity contribution in [3.05, 3.63) is 33.7 Å². The van der Waals surface area contributed by atoms with E-state index in [9.17, 15) is 8.42 Å². The molecule has 0 aliphatic heterocycles. The van der Waals surface area contributed by atoms with Crippen LogP contribution in [0, 0.1) is 13.8 Å². The third-order valence-electron chi connectivity index (χ3n) is 3.08. The largest absolute Gasteiger partial charge is 0.726 e. The Morgan fingerprint density at radius 1 is 1.30 bits per heavy atom. The van der Waals surface area contributed by atoms with Crippen LogP contribution in [0.15, 0.2) is 11.7 Å². The topological polar surface area (TPSA) is 197 Å². The zero-order chi connectivity index (χ0) is 20.8. The Morgan fingerprint density at radius 3 is 2.41 bits per heavy atom. The Kier molecular flexibility index (Phi) is 8.15. The monoisotopic (exact) mass is 442 g/mol. The molecule has 0 aliphatic carbocycles. The van der Waals surface area contributed by atoms with Crippen molar-refractivity contribution in [1.29, 1.82) is 0 Å². The van der Waals surface area contributed by atoms with E-state index in [2.05, 4.69) is 14.2 Å². The Morgan fingerprint density at radius 2 is 1.89 bits per heavy atom. The van der Waals surface area contributed by atoms with Gasteiger partial charge < -0.3 is 10.3 Å². The van der Waals surface area contributed by atoms with Crippen LogP contribution >= 0.6 is 11.3 Å². The zero-order valence-electron chi connectivity index (χ0n) is 14.3. The Hall–Kier alpha value is -1.75. The SMILES string of the molecule is Cc1ncc(C[n+]2csc(CCOS(=O)(=O)O)c2C)c(N)n1.O=S(=O)([O-])O. The summed E-state index contributed by atoms with van der Waals surface area (Å²) in [7, 11) is -9.31. The lowest BCUT2D eigenvalue weighted by Gasteiger charge is -2.02. The molecule has 0 aliphatic rings. The summed E-state index contributed by atoms with van der Waals surface area (Å²) in [5.74, 6) is 1.07. The molecule has 0 bridgehead atoms. The van der Waals surface area contributed by atoms with Crippen LogP contribution in [-0.4, -0.2) is 47.1 Å². The average Bonchev–Trinajstić information content (AvgIpc) is 2.80. The second-order valence-electron chi connectivity index (χ2n) is 5.11. The van der Waals surface area contributed by atoms with Crippen LogP contribution in [0.25, 0.3) is 0 Å². The van der Waals surface area contributed by atoms with E-state index in [0.717, 1.165) is 16.1 Å². The number of hydrogen-bond donors (Lipinski definition) is 3. The average molecular weight is 442 g/mol. The first-order valence-corrected chi connectivity index (χ1v) is 10.7. The highest BCUT2D eigenvalue weighted by Crippen LogP contribution is 2.14. The molecule has 0 saturated carbocycles. The van der Waals surface area contributed by atoms with Crippen LogP contribution in [0.4, 0.5) is 5.82 Å². The molecule has 0 atom stereocenters. The maximum absolute atomic E-state index is 10.5. The van der Waals surface area contributed by atoms with E-state index in [1.54, 1.807) is 13.1 Å². The minimum atomic E-state index is -4.92. The maximum atomic E-state index is 10.5. The maximum Gasteiger partial charge on any atom is 0.397 e. The van der Waals surface area contributed by atoms with Crippen LogP contribution < -0.4 is 10.3 Å². The summed E-state index contributed by atoms with van der Waals surface area (Å²) in [6, 6.07) is 0. The number of nitrogens with two attached hydrogens (primary N) is 1. The molecule has 2 rings (SSSR count). The number of nitrogens with zero attached hydrogens (tertiary/aromatic N) is 3. The van der Waals surface area contributed by atoms with Crippen LogP contribution in [0.3, 0.4) is 0 Å². The first-order chi connectivity index (χ1) is 12.3. The van der Waals surface area contributed by atoms with Gasteiger partial charge in [0, 0.05) is 19.5 Å². The van der Waals surface area contributed by atoms with Crippen molar-refractivity contribution in [2.45, 2.75) is 26.8 Å². The minimum Gasteiger partial charge on any atom is -0.726 e. The first-order valence-electron chi connectivity index (χ1n) is 7.11. The molecule has 0 saturated heterocycles. The van der Waals surface area contributed by atoms with Gasteiger partial charge in [0.05, 0.1) is 17.0 Å². The second kappa shape index (κ2) is 9.45. The van der Waals surface area contributed by atoms with Crippen molar-refractivity contribution in [2.24, 2.45) is 0 Å². The van der Waals surface area contributed by atoms with Gasteiger partial charge in [-0.1, -0.05) is 11.3 Å². The molecule has 2 aromatic rings. The summed E-state index contributed by atoms with van der Waals surface area (Å²) >= 11 is 1.48. The molecule has 15 heteroatoms. The minimum absolute atomic E-state index is 0.101. The van der Waals surface area contributed by atoms with E-state index in [1.807, 2.05) is 17.0 Å². The molecule has 2 heterocycles. The molecular weight excluding hydrogens is 424 g/mol. The fraction of sp³-hybridized carbons (Fsp3) is 0.417. The Labute approximate surface area is 160 Å². The van der Waals surface area contributed by atoms with E-state index < -0.39 is 20.8 Å². The smallest absolute Gasteiger partial charge is 0.397 e. The van der Waals surface area contributed by atoms with E-state index in [-0.39, 0.29) is 6.61 Å². The van der Waals surface area contributed by atoms with Crippen molar-refractivity contribution in [2.75, 3.05) is 12.3 Å². The molecule has 2 aromatic heterocycles. The lowest BCUT2D eigenvalue weighted by molar-refractivity contribution is -0.689. The third-order valence-corrected chi connectivity index (χ3v) is 4.69. The highest BCUT2D eigenvalue weighted by molar-refractivity contribution is 7.80. The van der Waals surface area contributed by atoms with Crippen molar-refractivity contribution in [3.63, 3.8) is 0 Å². The van der Waals surface area contributed by atoms with Gasteiger partial charge in [0.15, 0.2) is 12.2 Å². The fourth-order valence-corrected chi connectivity index (χ4v) is 3.17. The summed E-state index contributed by atoms with van der Waals surface area (Å²) in [6.07, 6.45) is 2.09. The lowest BCUT2D eigenvalue weighted by atomic mass is 10.2. The summed E-state index contributed by atoms with van der Waals surface area (Å²) < 4.78 is 68.7. The highest BCUT2D eigenvalue weighted by atomic mass is 32.3. The molecule has 152 valence electrons. The number of rotatable bonds is 6. The van der Waals surface area contributed by atoms with Gasteiger partial charge in [-0.2, -0.15) is 13.0 Å². The number of hydrogen-bond acceptors (Lipinski definition) is 10. The summed E-state index contributed by atoms with van der Waals surface area (Å²) in [5, 5.41) is 0. The number of anilines is 1. The standard InChI is InChI=1S/C12H16N4O4S2.H2O4S/c1-8-11(3-4-20-22(17,18)19)21-7-16(8)6-10-5-14-9(2)15-12(10)13;1-5(2,3)4/h5,7H,3-4,6H2,1-2H3,(H2-,13,14,15,17,18,19);(H2,1,2,3,4). The zero-order valence-corrected chi connectivity index (χ0v) is 16.7. The number of nitrogen functional groups attached to an aromatic ring is 1. The number of aromatic nitrogens is 3. The molecule has 27 heavy (non-hydrogen) atoms. The fourth-order valence-electron chi connectivity index (χ4n) is 1.90. The molecule has 4 N–H and O–H groups in total. The van der Waals surface area contributed by atoms with Crippen LogP contribution in [0.5, 0.6) is 0 Å². The van der Waals surface area contributed by atoms with E-state index in [1.165, 1.54) is 11.3 Å². The molecule has 12 nitrogen and oxygen atoms in total. The van der Waals surface area contributed by atoms with Gasteiger partial charge in [-0.25, -0.2) is 22.6 Å². The van der Waals surface area contributed by atoms with Gasteiger partial charge in [-0.3, -0.25) is 9.11 Å². The molecule has 0 unspecified atom stereocenters. The first kappa shape index (κ1) is 23.3. The van der Waals surface area contributed by atoms with Crippen LogP contribution in [0.1, 0.15) is 22.0 Å². The molecule has 0 radical (unpaired) electrons. The quantitative estimate of drug-likeness (QED) is 0.294. The van der Waals surface area contributed by atoms with Crippen molar-refractivity contribution in [1.82, 2.24) is 9.97 Å². The van der Waals surface area contributed by atoms with Gasteiger partial charge in [-0.05, 0) is 6.92 Å². The molecule has 0 aromatic carbocycles. The highest BCUT2D eigenvalue weighted by Gasteiger charge is 2.18. The Bertz CT molecular complexity index is 980. The molecule has 0 fully saturated rings. The number of aryl methyl sites for hydroxylation is 1. The van der Waals surface area contributed by atoms with Gasteiger partial charge in [0.25, 0.3) is 0 Å². The summed E-state index contributed by atoms with van der Waals surface area (Å²) in [4.78, 5) is 9.23. The Balaban J connectivity index is 0.000000646. The van der Waals surface area contributed by atoms with E-state index in [4.69, 9.17) is 27.8 Å². The van der Waals surface area contributed by atoms with E-state index in [0.29, 0.717) is 24.6 Å². The number of thiazole rings is 1. The van der Waals surface area contributed by atoms with Gasteiger partial charge in [0.1, 0.15) is 11.6 Å². The van der Waals surface area contributed by atoms with Gasteiger partial charge in [-0.15, -0.1) is 0 Å². The van der Waals surface area contributed by atoms with Crippen molar-refractivity contribution in [3.8, 4) is 0 Å². The second-order valence-corrected chi connectivity index (χ2v) is 8.00. The molecule has 0 spiro atoms. The van der Waals surface area contributed by atoms with Crippen LogP contribution in [0.2, 0.25) is 0 Å². The predicted octanol–water partition coefficient (Wildman–Crippen LogP) is -0.561. The van der Waals surface area contributed by atoms with Crippen LogP contribution in [-0.2, 0) is 37.9 Å². The van der Waals surface area contributed by atoms with Gasteiger partial charge in [0.2, 0.25) is 15.9 Å². The third kappa shape index (κ3) is 9.66. The molecule has 0 amide bonds. The van der Waals surface area contributed by atoms with Crippen molar-refractivity contribution >= 4 is 38.0 Å².